The molecule has 0 bridgehead atoms. The highest BCUT2D eigenvalue weighted by molar-refractivity contribution is 7.22. The van der Waals surface area contributed by atoms with E-state index in [0.717, 1.165) is 49.5 Å². The first-order chi connectivity index (χ1) is 15.6. The number of H-pyrrole nitrogens is 1. The third-order valence-electron chi connectivity index (χ3n) is 6.57. The van der Waals surface area contributed by atoms with E-state index in [0.29, 0.717) is 28.5 Å². The maximum Gasteiger partial charge on any atom is 0.268 e. The van der Waals surface area contributed by atoms with Crippen LogP contribution in [0.15, 0.2) is 35.1 Å². The number of rotatable bonds is 4. The molecule has 2 fully saturated rings. The van der Waals surface area contributed by atoms with Gasteiger partial charge in [-0.1, -0.05) is 31.4 Å². The summed E-state index contributed by atoms with van der Waals surface area (Å²) in [6.07, 6.45) is 5.66. The highest BCUT2D eigenvalue weighted by atomic mass is 32.1. The summed E-state index contributed by atoms with van der Waals surface area (Å²) in [7, 11) is 0. The molecule has 6 nitrogen and oxygen atoms in total. The van der Waals surface area contributed by atoms with Crippen LogP contribution in [-0.2, 0) is 11.3 Å². The smallest absolute Gasteiger partial charge is 0.268 e. The minimum absolute atomic E-state index is 0.144. The highest BCUT2D eigenvalue weighted by Crippen LogP contribution is 2.31. The van der Waals surface area contributed by atoms with Crippen LogP contribution in [0, 0.1) is 11.7 Å². The molecule has 32 heavy (non-hydrogen) atoms. The van der Waals surface area contributed by atoms with Gasteiger partial charge in [0, 0.05) is 37.0 Å². The lowest BCUT2D eigenvalue weighted by Crippen LogP contribution is -2.50. The number of nitrogens with one attached hydrogen (secondary N) is 1. The van der Waals surface area contributed by atoms with Gasteiger partial charge in [-0.3, -0.25) is 14.5 Å². The second kappa shape index (κ2) is 9.11. The zero-order valence-electron chi connectivity index (χ0n) is 18.0. The largest absolute Gasteiger partial charge is 0.340 e. The number of piperazine rings is 1. The van der Waals surface area contributed by atoms with Gasteiger partial charge in [-0.15, -0.1) is 11.3 Å². The molecule has 2 aromatic heterocycles. The van der Waals surface area contributed by atoms with Crippen molar-refractivity contribution in [3.8, 4) is 10.4 Å². The molecule has 0 atom stereocenters. The number of halogens is 1. The summed E-state index contributed by atoms with van der Waals surface area (Å²) in [4.78, 5) is 38.2. The van der Waals surface area contributed by atoms with Crippen molar-refractivity contribution in [3.63, 3.8) is 0 Å². The molecule has 2 aliphatic rings. The molecule has 1 N–H and O–H groups in total. The van der Waals surface area contributed by atoms with E-state index in [-0.39, 0.29) is 17.3 Å². The molecule has 1 aliphatic heterocycles. The Bertz CT molecular complexity index is 1160. The molecule has 1 aliphatic carbocycles. The van der Waals surface area contributed by atoms with Crippen LogP contribution >= 0.6 is 11.3 Å². The molecule has 1 aromatic carbocycles. The van der Waals surface area contributed by atoms with E-state index in [9.17, 15) is 14.0 Å². The van der Waals surface area contributed by atoms with Gasteiger partial charge in [0.2, 0.25) is 5.91 Å². The maximum atomic E-state index is 13.2. The summed E-state index contributed by atoms with van der Waals surface area (Å²) in [6, 6.07) is 8.15. The van der Waals surface area contributed by atoms with Crippen LogP contribution in [0.25, 0.3) is 20.7 Å². The van der Waals surface area contributed by atoms with Crippen molar-refractivity contribution in [1.82, 2.24) is 19.8 Å². The van der Waals surface area contributed by atoms with E-state index in [2.05, 4.69) is 14.9 Å². The van der Waals surface area contributed by atoms with Crippen LogP contribution in [0.5, 0.6) is 0 Å². The summed E-state index contributed by atoms with van der Waals surface area (Å²) in [6.45, 7) is 3.58. The normalized spacial score (nSPS) is 18.3. The van der Waals surface area contributed by atoms with Crippen LogP contribution in [0.1, 0.15) is 37.9 Å². The number of carbonyl (C=O) groups is 1. The summed E-state index contributed by atoms with van der Waals surface area (Å²) in [5.74, 6) is 0.889. The van der Waals surface area contributed by atoms with Gasteiger partial charge in [0.05, 0.1) is 12.1 Å². The minimum atomic E-state index is -0.284. The predicted molar refractivity (Wildman–Crippen MR) is 124 cm³/mol. The van der Waals surface area contributed by atoms with Crippen LogP contribution < -0.4 is 5.56 Å². The zero-order valence-corrected chi connectivity index (χ0v) is 18.8. The van der Waals surface area contributed by atoms with Crippen molar-refractivity contribution in [3.05, 3.63) is 52.3 Å². The van der Waals surface area contributed by atoms with E-state index in [4.69, 9.17) is 0 Å². The topological polar surface area (TPSA) is 69.3 Å². The molecule has 5 rings (SSSR count). The van der Waals surface area contributed by atoms with Crippen molar-refractivity contribution in [2.75, 3.05) is 26.2 Å². The number of amides is 1. The van der Waals surface area contributed by atoms with Gasteiger partial charge in [-0.05, 0) is 36.6 Å². The molecule has 168 valence electrons. The molecule has 3 heterocycles. The van der Waals surface area contributed by atoms with Crippen molar-refractivity contribution in [2.45, 2.75) is 38.6 Å². The number of benzene rings is 1. The van der Waals surface area contributed by atoms with Crippen LogP contribution in [0.4, 0.5) is 4.39 Å². The number of carbonyl (C=O) groups excluding carboxylic acids is 1. The van der Waals surface area contributed by atoms with Crippen molar-refractivity contribution in [1.29, 1.82) is 0 Å². The SMILES string of the molecule is O=C(C1CCCCC1)N1CCN(Cc2nc3cc(-c4ccc(F)cc4)sc3c(=O)[nH]2)CC1. The van der Waals surface area contributed by atoms with Gasteiger partial charge < -0.3 is 9.88 Å². The van der Waals surface area contributed by atoms with Gasteiger partial charge in [0.15, 0.2) is 0 Å². The Morgan fingerprint density at radius 2 is 1.81 bits per heavy atom. The van der Waals surface area contributed by atoms with Crippen molar-refractivity contribution in [2.24, 2.45) is 5.92 Å². The first kappa shape index (κ1) is 21.3. The monoisotopic (exact) mass is 454 g/mol. The minimum Gasteiger partial charge on any atom is -0.340 e. The number of hydrogen-bond acceptors (Lipinski definition) is 5. The predicted octanol–water partition coefficient (Wildman–Crippen LogP) is 4.02. The third-order valence-corrected chi connectivity index (χ3v) is 7.74. The summed E-state index contributed by atoms with van der Waals surface area (Å²) < 4.78 is 13.8. The lowest BCUT2D eigenvalue weighted by molar-refractivity contribution is -0.138. The Kier molecular flexibility index (Phi) is 6.06. The average Bonchev–Trinajstić information content (AvgIpc) is 3.25. The average molecular weight is 455 g/mol. The molecular formula is C24H27FN4O2S. The van der Waals surface area contributed by atoms with Crippen molar-refractivity contribution >= 4 is 27.5 Å². The number of thiophene rings is 1. The molecule has 1 amide bonds. The first-order valence-electron chi connectivity index (χ1n) is 11.4. The molecule has 8 heteroatoms. The number of fused-ring (bicyclic) bond motifs is 1. The fraction of sp³-hybridized carbons (Fsp3) is 0.458. The number of aromatic amines is 1. The molecule has 0 spiro atoms. The van der Waals surface area contributed by atoms with Gasteiger partial charge in [0.25, 0.3) is 5.56 Å². The zero-order chi connectivity index (χ0) is 22.1. The fourth-order valence-electron chi connectivity index (χ4n) is 4.77. The van der Waals surface area contributed by atoms with Crippen molar-refractivity contribution < 1.29 is 9.18 Å². The fourth-order valence-corrected chi connectivity index (χ4v) is 5.76. The van der Waals surface area contributed by atoms with E-state index >= 15 is 0 Å². The second-order valence-corrected chi connectivity index (χ2v) is 9.83. The highest BCUT2D eigenvalue weighted by Gasteiger charge is 2.28. The second-order valence-electron chi connectivity index (χ2n) is 8.78. The molecule has 0 unspecified atom stereocenters. The van der Waals surface area contributed by atoms with Crippen LogP contribution in [0.2, 0.25) is 0 Å². The lowest BCUT2D eigenvalue weighted by Gasteiger charge is -2.36. The van der Waals surface area contributed by atoms with E-state index < -0.39 is 0 Å². The molecular weight excluding hydrogens is 427 g/mol. The number of nitrogens with zero attached hydrogens (tertiary/aromatic N) is 3. The standard InChI is InChI=1S/C24H27FN4O2S/c25-18-8-6-16(7-9-18)20-14-19-22(32-20)23(30)27-21(26-19)15-28-10-12-29(13-11-28)24(31)17-4-2-1-3-5-17/h6-9,14,17H,1-5,10-13,15H2,(H,26,27,30). The summed E-state index contributed by atoms with van der Waals surface area (Å²) >= 11 is 1.37. The van der Waals surface area contributed by atoms with Gasteiger partial charge in [0.1, 0.15) is 16.3 Å². The van der Waals surface area contributed by atoms with E-state index in [1.54, 1.807) is 12.1 Å². The summed E-state index contributed by atoms with van der Waals surface area (Å²) in [5, 5.41) is 0. The summed E-state index contributed by atoms with van der Waals surface area (Å²) in [5.41, 5.74) is 1.39. The van der Waals surface area contributed by atoms with Crippen LogP contribution in [-0.4, -0.2) is 51.9 Å². The van der Waals surface area contributed by atoms with E-state index in [1.165, 1.54) is 42.7 Å². The Labute approximate surface area is 190 Å². The molecule has 1 saturated heterocycles. The van der Waals surface area contributed by atoms with Gasteiger partial charge in [-0.2, -0.15) is 0 Å². The Hall–Kier alpha value is -2.58. The van der Waals surface area contributed by atoms with Gasteiger partial charge in [-0.25, -0.2) is 9.37 Å². The third kappa shape index (κ3) is 4.47. The molecule has 1 saturated carbocycles. The maximum absolute atomic E-state index is 13.2. The molecule has 0 radical (unpaired) electrons. The van der Waals surface area contributed by atoms with Crippen LogP contribution in [0.3, 0.4) is 0 Å². The Balaban J connectivity index is 1.25. The number of aromatic nitrogens is 2. The Morgan fingerprint density at radius 1 is 1.09 bits per heavy atom. The number of hydrogen-bond donors (Lipinski definition) is 1. The lowest BCUT2D eigenvalue weighted by atomic mass is 9.88. The Morgan fingerprint density at radius 3 is 2.53 bits per heavy atom. The molecule has 3 aromatic rings. The van der Waals surface area contributed by atoms with Gasteiger partial charge >= 0.3 is 0 Å². The van der Waals surface area contributed by atoms with E-state index in [1.807, 2.05) is 11.0 Å². The first-order valence-corrected chi connectivity index (χ1v) is 12.2. The quantitative estimate of drug-likeness (QED) is 0.647.